The molecule has 0 radical (unpaired) electrons. The molecule has 2 aromatic heterocycles. The Bertz CT molecular complexity index is 1240. The average Bonchev–Trinajstić information content (AvgIpc) is 3.60. The summed E-state index contributed by atoms with van der Waals surface area (Å²) in [4.78, 5) is 13.2. The topological polar surface area (TPSA) is 104 Å². The monoisotopic (exact) mass is 513 g/mol. The highest BCUT2D eigenvalue weighted by Gasteiger charge is 2.47. The SMILES string of the molecule is O=C(O)c1ccc(N2CCC3(CC2)CC(Nc2c(-c4c(Cl)cccc4Cl)noc2C2CC2)C3)nn1. The molecule has 35 heavy (non-hydrogen) atoms. The Hall–Kier alpha value is -2.84. The van der Waals surface area contributed by atoms with Crippen LogP contribution in [-0.2, 0) is 0 Å². The molecular formula is C25H25Cl2N5O3. The zero-order valence-corrected chi connectivity index (χ0v) is 20.5. The molecule has 10 heteroatoms. The maximum absolute atomic E-state index is 11.0. The van der Waals surface area contributed by atoms with Crippen LogP contribution < -0.4 is 10.2 Å². The second kappa shape index (κ2) is 8.68. The zero-order valence-electron chi connectivity index (χ0n) is 19.0. The van der Waals surface area contributed by atoms with Gasteiger partial charge in [-0.05, 0) is 68.2 Å². The molecule has 6 rings (SSSR count). The molecule has 182 valence electrons. The first-order chi connectivity index (χ1) is 16.9. The quantitative estimate of drug-likeness (QED) is 0.421. The lowest BCUT2D eigenvalue weighted by Gasteiger charge is -2.52. The number of nitrogens with one attached hydrogen (secondary N) is 1. The molecule has 3 aliphatic rings. The highest BCUT2D eigenvalue weighted by Crippen LogP contribution is 2.53. The molecule has 0 bridgehead atoms. The van der Waals surface area contributed by atoms with E-state index in [1.165, 1.54) is 6.07 Å². The van der Waals surface area contributed by atoms with Gasteiger partial charge in [-0.25, -0.2) is 4.79 Å². The summed E-state index contributed by atoms with van der Waals surface area (Å²) in [5.41, 5.74) is 2.62. The Morgan fingerprint density at radius 3 is 2.40 bits per heavy atom. The Kier molecular flexibility index (Phi) is 5.60. The van der Waals surface area contributed by atoms with E-state index < -0.39 is 5.97 Å². The van der Waals surface area contributed by atoms with Crippen LogP contribution >= 0.6 is 23.2 Å². The molecule has 3 fully saturated rings. The van der Waals surface area contributed by atoms with E-state index in [2.05, 4.69) is 25.6 Å². The summed E-state index contributed by atoms with van der Waals surface area (Å²) in [7, 11) is 0. The molecule has 2 saturated carbocycles. The van der Waals surface area contributed by atoms with Gasteiger partial charge in [0.2, 0.25) is 0 Å². The van der Waals surface area contributed by atoms with E-state index in [9.17, 15) is 4.79 Å². The number of rotatable bonds is 6. The lowest BCUT2D eigenvalue weighted by atomic mass is 9.60. The van der Waals surface area contributed by atoms with E-state index in [1.807, 2.05) is 18.2 Å². The first-order valence-corrected chi connectivity index (χ1v) is 12.7. The molecule has 1 aromatic carbocycles. The molecular weight excluding hydrogens is 489 g/mol. The van der Waals surface area contributed by atoms with Crippen LogP contribution in [-0.4, -0.2) is 45.6 Å². The highest BCUT2D eigenvalue weighted by molar-refractivity contribution is 6.39. The summed E-state index contributed by atoms with van der Waals surface area (Å²) in [5.74, 6) is 0.993. The number of benzene rings is 1. The predicted octanol–water partition coefficient (Wildman–Crippen LogP) is 5.88. The van der Waals surface area contributed by atoms with Gasteiger partial charge >= 0.3 is 5.97 Å². The Morgan fingerprint density at radius 2 is 1.80 bits per heavy atom. The van der Waals surface area contributed by atoms with Crippen LogP contribution in [0.15, 0.2) is 34.9 Å². The molecule has 3 heterocycles. The van der Waals surface area contributed by atoms with Crippen molar-refractivity contribution in [1.82, 2.24) is 15.4 Å². The second-order valence-corrected chi connectivity index (χ2v) is 10.8. The van der Waals surface area contributed by atoms with Crippen molar-refractivity contribution in [3.8, 4) is 11.3 Å². The molecule has 0 unspecified atom stereocenters. The second-order valence-electron chi connectivity index (χ2n) is 9.96. The third kappa shape index (κ3) is 4.23. The number of anilines is 2. The van der Waals surface area contributed by atoms with Gasteiger partial charge in [0.1, 0.15) is 11.4 Å². The lowest BCUT2D eigenvalue weighted by Crippen LogP contribution is -2.51. The summed E-state index contributed by atoms with van der Waals surface area (Å²) in [5, 5.41) is 26.2. The summed E-state index contributed by atoms with van der Waals surface area (Å²) in [6.45, 7) is 1.77. The van der Waals surface area contributed by atoms with Gasteiger partial charge in [0, 0.05) is 30.6 Å². The van der Waals surface area contributed by atoms with Crippen molar-refractivity contribution in [3.05, 3.63) is 51.8 Å². The number of halogens is 2. The molecule has 3 aromatic rings. The highest BCUT2D eigenvalue weighted by atomic mass is 35.5. The summed E-state index contributed by atoms with van der Waals surface area (Å²) in [6.07, 6.45) is 6.51. The third-order valence-electron chi connectivity index (χ3n) is 7.59. The molecule has 2 N–H and O–H groups in total. The predicted molar refractivity (Wildman–Crippen MR) is 133 cm³/mol. The number of nitrogens with zero attached hydrogens (tertiary/aromatic N) is 4. The fourth-order valence-corrected chi connectivity index (χ4v) is 6.06. The van der Waals surface area contributed by atoms with Crippen molar-refractivity contribution in [2.75, 3.05) is 23.3 Å². The van der Waals surface area contributed by atoms with Crippen molar-refractivity contribution in [2.24, 2.45) is 5.41 Å². The van der Waals surface area contributed by atoms with Gasteiger partial charge in [-0.2, -0.15) is 0 Å². The van der Waals surface area contributed by atoms with Gasteiger partial charge in [-0.1, -0.05) is 34.4 Å². The molecule has 1 spiro atoms. The number of aromatic nitrogens is 3. The van der Waals surface area contributed by atoms with Crippen molar-refractivity contribution < 1.29 is 14.4 Å². The van der Waals surface area contributed by atoms with E-state index in [-0.39, 0.29) is 5.69 Å². The summed E-state index contributed by atoms with van der Waals surface area (Å²) in [6, 6.07) is 9.07. The van der Waals surface area contributed by atoms with Gasteiger partial charge < -0.3 is 19.8 Å². The molecule has 0 atom stereocenters. The van der Waals surface area contributed by atoms with Crippen LogP contribution in [0.25, 0.3) is 11.3 Å². The smallest absolute Gasteiger partial charge is 0.356 e. The number of hydrogen-bond donors (Lipinski definition) is 2. The number of carbonyl (C=O) groups is 1. The minimum atomic E-state index is -1.06. The summed E-state index contributed by atoms with van der Waals surface area (Å²) >= 11 is 13.0. The standard InChI is InChI=1S/C25H25Cl2N5O3/c26-16-2-1-3-17(27)20(16)21-22(23(35-31-21)14-4-5-14)28-15-12-25(13-15)8-10-32(11-9-25)19-7-6-18(24(33)34)29-30-19/h1-3,6-7,14-15,28H,4-5,8-13H2,(H,33,34). The Morgan fingerprint density at radius 1 is 1.09 bits per heavy atom. The van der Waals surface area contributed by atoms with Gasteiger partial charge in [-0.15, -0.1) is 10.2 Å². The van der Waals surface area contributed by atoms with Crippen LogP contribution in [0.4, 0.5) is 11.5 Å². The minimum Gasteiger partial charge on any atom is -0.476 e. The first-order valence-electron chi connectivity index (χ1n) is 11.9. The largest absolute Gasteiger partial charge is 0.476 e. The third-order valence-corrected chi connectivity index (χ3v) is 8.22. The molecule has 1 aliphatic heterocycles. The Labute approximate surface area is 212 Å². The van der Waals surface area contributed by atoms with E-state index in [0.717, 1.165) is 68.9 Å². The number of hydrogen-bond acceptors (Lipinski definition) is 7. The van der Waals surface area contributed by atoms with Gasteiger partial charge in [-0.3, -0.25) is 0 Å². The number of piperidine rings is 1. The molecule has 2 aliphatic carbocycles. The lowest BCUT2D eigenvalue weighted by molar-refractivity contribution is 0.0689. The maximum atomic E-state index is 11.0. The summed E-state index contributed by atoms with van der Waals surface area (Å²) < 4.78 is 5.79. The van der Waals surface area contributed by atoms with E-state index in [4.69, 9.17) is 32.8 Å². The van der Waals surface area contributed by atoms with Gasteiger partial charge in [0.25, 0.3) is 0 Å². The van der Waals surface area contributed by atoms with Crippen molar-refractivity contribution >= 4 is 40.7 Å². The minimum absolute atomic E-state index is 0.0353. The maximum Gasteiger partial charge on any atom is 0.356 e. The van der Waals surface area contributed by atoms with E-state index >= 15 is 0 Å². The van der Waals surface area contributed by atoms with Gasteiger partial charge in [0.05, 0.1) is 10.0 Å². The van der Waals surface area contributed by atoms with Crippen LogP contribution in [0.1, 0.15) is 60.7 Å². The number of carboxylic acid groups (broad SMARTS) is 1. The van der Waals surface area contributed by atoms with Crippen molar-refractivity contribution in [1.29, 1.82) is 0 Å². The van der Waals surface area contributed by atoms with E-state index in [1.54, 1.807) is 6.07 Å². The average molecular weight is 514 g/mol. The normalized spacial score (nSPS) is 19.5. The van der Waals surface area contributed by atoms with Crippen LogP contribution in [0.5, 0.6) is 0 Å². The van der Waals surface area contributed by atoms with Crippen LogP contribution in [0.2, 0.25) is 10.0 Å². The van der Waals surface area contributed by atoms with Crippen LogP contribution in [0, 0.1) is 5.41 Å². The fraction of sp³-hybridized carbons (Fsp3) is 0.440. The molecule has 1 saturated heterocycles. The van der Waals surface area contributed by atoms with Crippen molar-refractivity contribution in [2.45, 2.75) is 50.5 Å². The molecule has 0 amide bonds. The number of carboxylic acids is 1. The van der Waals surface area contributed by atoms with Crippen molar-refractivity contribution in [3.63, 3.8) is 0 Å². The van der Waals surface area contributed by atoms with Crippen LogP contribution in [0.3, 0.4) is 0 Å². The fourth-order valence-electron chi connectivity index (χ4n) is 5.48. The first kappa shape index (κ1) is 22.6. The Balaban J connectivity index is 1.13. The van der Waals surface area contributed by atoms with E-state index in [0.29, 0.717) is 38.7 Å². The van der Waals surface area contributed by atoms with Gasteiger partial charge in [0.15, 0.2) is 17.3 Å². The zero-order chi connectivity index (χ0) is 24.2. The molecule has 8 nitrogen and oxygen atoms in total. The number of aromatic carboxylic acids is 1.